The number of ether oxygens (including phenoxy) is 1. The molecule has 4 N–H and O–H groups in total. The highest BCUT2D eigenvalue weighted by Gasteiger charge is 2.45. The number of anilines is 1. The van der Waals surface area contributed by atoms with Gasteiger partial charge in [-0.2, -0.15) is 0 Å². The highest BCUT2D eigenvalue weighted by molar-refractivity contribution is 6.01. The summed E-state index contributed by atoms with van der Waals surface area (Å²) in [7, 11) is 0. The van der Waals surface area contributed by atoms with Crippen molar-refractivity contribution in [1.82, 2.24) is 9.97 Å². The normalized spacial score (nSPS) is 23.4. The molecule has 1 aromatic carbocycles. The molecule has 2 fully saturated rings. The standard InChI is InChI=1S/C15H18N4O2/c16-15(5-6-15)14(20)17-9-3-4-10-11(8-9)19-13(18-10)12-2-1-7-21-12/h3-4,8,12H,1-2,5-7,16H2,(H,17,20)(H,18,19). The number of nitrogens with one attached hydrogen (secondary N) is 2. The van der Waals surface area contributed by atoms with Crippen LogP contribution in [-0.2, 0) is 9.53 Å². The van der Waals surface area contributed by atoms with Gasteiger partial charge in [0.25, 0.3) is 0 Å². The molecule has 1 atom stereocenters. The summed E-state index contributed by atoms with van der Waals surface area (Å²) >= 11 is 0. The summed E-state index contributed by atoms with van der Waals surface area (Å²) in [6, 6.07) is 5.65. The zero-order valence-electron chi connectivity index (χ0n) is 11.7. The summed E-state index contributed by atoms with van der Waals surface area (Å²) in [6.07, 6.45) is 3.65. The average Bonchev–Trinajstić information content (AvgIpc) is 2.94. The molecule has 2 aliphatic rings. The van der Waals surface area contributed by atoms with Gasteiger partial charge < -0.3 is 20.8 Å². The van der Waals surface area contributed by atoms with Crippen LogP contribution in [-0.4, -0.2) is 28.0 Å². The Bertz CT molecular complexity index is 699. The SMILES string of the molecule is NC1(C(=O)Nc2ccc3nc(C4CCCO4)[nH]c3c2)CC1. The number of carbonyl (C=O) groups excluding carboxylic acids is 1. The lowest BCUT2D eigenvalue weighted by atomic mass is 10.2. The van der Waals surface area contributed by atoms with Gasteiger partial charge in [-0.1, -0.05) is 0 Å². The van der Waals surface area contributed by atoms with Crippen LogP contribution in [0.3, 0.4) is 0 Å². The highest BCUT2D eigenvalue weighted by Crippen LogP contribution is 2.34. The van der Waals surface area contributed by atoms with Crippen LogP contribution in [0.4, 0.5) is 5.69 Å². The summed E-state index contributed by atoms with van der Waals surface area (Å²) < 4.78 is 5.64. The first-order chi connectivity index (χ1) is 10.1. The van der Waals surface area contributed by atoms with Gasteiger partial charge in [-0.05, 0) is 43.9 Å². The van der Waals surface area contributed by atoms with E-state index in [1.165, 1.54) is 0 Å². The second kappa shape index (κ2) is 4.54. The Morgan fingerprint density at radius 2 is 2.33 bits per heavy atom. The Morgan fingerprint density at radius 3 is 3.05 bits per heavy atom. The second-order valence-electron chi connectivity index (χ2n) is 5.97. The molecular formula is C15H18N4O2. The highest BCUT2D eigenvalue weighted by atomic mass is 16.5. The minimum Gasteiger partial charge on any atom is -0.370 e. The largest absolute Gasteiger partial charge is 0.370 e. The average molecular weight is 286 g/mol. The number of hydrogen-bond acceptors (Lipinski definition) is 4. The van der Waals surface area contributed by atoms with Crippen molar-refractivity contribution in [2.24, 2.45) is 5.73 Å². The van der Waals surface area contributed by atoms with Gasteiger partial charge in [-0.3, -0.25) is 4.79 Å². The number of aromatic nitrogens is 2. The monoisotopic (exact) mass is 286 g/mol. The predicted octanol–water partition coefficient (Wildman–Crippen LogP) is 1.84. The van der Waals surface area contributed by atoms with E-state index in [0.29, 0.717) is 0 Å². The van der Waals surface area contributed by atoms with Gasteiger partial charge in [-0.25, -0.2) is 4.98 Å². The Labute approximate surface area is 122 Å². The van der Waals surface area contributed by atoms with E-state index in [0.717, 1.165) is 54.8 Å². The molecule has 2 aromatic rings. The van der Waals surface area contributed by atoms with Crippen molar-refractivity contribution < 1.29 is 9.53 Å². The summed E-state index contributed by atoms with van der Waals surface area (Å²) in [5.74, 6) is 0.754. The molecule has 1 aliphatic carbocycles. The van der Waals surface area contributed by atoms with E-state index in [9.17, 15) is 4.79 Å². The van der Waals surface area contributed by atoms with E-state index in [1.807, 2.05) is 18.2 Å². The fourth-order valence-corrected chi connectivity index (χ4v) is 2.67. The molecule has 0 bridgehead atoms. The summed E-state index contributed by atoms with van der Waals surface area (Å²) in [5, 5.41) is 2.87. The van der Waals surface area contributed by atoms with Gasteiger partial charge in [0.05, 0.1) is 16.6 Å². The molecule has 1 aliphatic heterocycles. The minimum absolute atomic E-state index is 0.0641. The molecule has 2 heterocycles. The third-order valence-corrected chi connectivity index (χ3v) is 4.23. The second-order valence-corrected chi connectivity index (χ2v) is 5.97. The summed E-state index contributed by atoms with van der Waals surface area (Å²) in [5.41, 5.74) is 7.75. The molecule has 0 radical (unpaired) electrons. The van der Waals surface area contributed by atoms with Crippen molar-refractivity contribution in [3.63, 3.8) is 0 Å². The molecule has 1 unspecified atom stereocenters. The lowest BCUT2D eigenvalue weighted by molar-refractivity contribution is -0.118. The molecule has 4 rings (SSSR count). The first-order valence-electron chi connectivity index (χ1n) is 7.36. The number of rotatable bonds is 3. The van der Waals surface area contributed by atoms with Gasteiger partial charge in [0.15, 0.2) is 0 Å². The molecule has 110 valence electrons. The number of amides is 1. The van der Waals surface area contributed by atoms with Crippen LogP contribution >= 0.6 is 0 Å². The number of benzene rings is 1. The molecule has 0 spiro atoms. The van der Waals surface area contributed by atoms with Crippen LogP contribution in [0.25, 0.3) is 11.0 Å². The quantitative estimate of drug-likeness (QED) is 0.802. The number of fused-ring (bicyclic) bond motifs is 1. The van der Waals surface area contributed by atoms with Crippen molar-refractivity contribution in [2.75, 3.05) is 11.9 Å². The third-order valence-electron chi connectivity index (χ3n) is 4.23. The predicted molar refractivity (Wildman–Crippen MR) is 78.8 cm³/mol. The minimum atomic E-state index is -0.661. The molecule has 1 saturated carbocycles. The zero-order chi connectivity index (χ0) is 14.4. The molecule has 21 heavy (non-hydrogen) atoms. The first-order valence-corrected chi connectivity index (χ1v) is 7.36. The number of aromatic amines is 1. The topological polar surface area (TPSA) is 93.0 Å². The smallest absolute Gasteiger partial charge is 0.244 e. The maximum absolute atomic E-state index is 12.0. The van der Waals surface area contributed by atoms with E-state index >= 15 is 0 Å². The number of nitrogens with zero attached hydrogens (tertiary/aromatic N) is 1. The Kier molecular flexibility index (Phi) is 2.77. The van der Waals surface area contributed by atoms with Crippen molar-refractivity contribution >= 4 is 22.6 Å². The van der Waals surface area contributed by atoms with Gasteiger partial charge in [-0.15, -0.1) is 0 Å². The van der Waals surface area contributed by atoms with Crippen molar-refractivity contribution in [3.05, 3.63) is 24.0 Å². The van der Waals surface area contributed by atoms with Crippen LogP contribution in [0.15, 0.2) is 18.2 Å². The lowest BCUT2D eigenvalue weighted by Gasteiger charge is -2.09. The maximum Gasteiger partial charge on any atom is 0.244 e. The number of nitrogens with two attached hydrogens (primary N) is 1. The molecule has 1 amide bonds. The number of H-pyrrole nitrogens is 1. The van der Waals surface area contributed by atoms with Gasteiger partial charge in [0, 0.05) is 12.3 Å². The fraction of sp³-hybridized carbons (Fsp3) is 0.467. The first kappa shape index (κ1) is 12.8. The molecule has 6 nitrogen and oxygen atoms in total. The van der Waals surface area contributed by atoms with Crippen molar-refractivity contribution in [1.29, 1.82) is 0 Å². The number of hydrogen-bond donors (Lipinski definition) is 3. The van der Waals surface area contributed by atoms with E-state index in [1.54, 1.807) is 0 Å². The lowest BCUT2D eigenvalue weighted by Crippen LogP contribution is -2.37. The van der Waals surface area contributed by atoms with Gasteiger partial charge in [0.1, 0.15) is 11.9 Å². The molecule has 1 aromatic heterocycles. The Hall–Kier alpha value is -1.92. The number of carbonyl (C=O) groups is 1. The molecule has 1 saturated heterocycles. The fourth-order valence-electron chi connectivity index (χ4n) is 2.67. The zero-order valence-corrected chi connectivity index (χ0v) is 11.7. The third kappa shape index (κ3) is 2.30. The van der Waals surface area contributed by atoms with E-state index in [2.05, 4.69) is 15.3 Å². The van der Waals surface area contributed by atoms with Crippen LogP contribution in [0.5, 0.6) is 0 Å². The van der Waals surface area contributed by atoms with E-state index < -0.39 is 5.54 Å². The van der Waals surface area contributed by atoms with Gasteiger partial charge >= 0.3 is 0 Å². The van der Waals surface area contributed by atoms with Crippen molar-refractivity contribution in [2.45, 2.75) is 37.3 Å². The van der Waals surface area contributed by atoms with Crippen LogP contribution in [0, 0.1) is 0 Å². The Balaban J connectivity index is 1.58. The van der Waals surface area contributed by atoms with Gasteiger partial charge in [0.2, 0.25) is 5.91 Å². The van der Waals surface area contributed by atoms with Crippen LogP contribution < -0.4 is 11.1 Å². The van der Waals surface area contributed by atoms with E-state index in [-0.39, 0.29) is 12.0 Å². The van der Waals surface area contributed by atoms with Crippen LogP contribution in [0.2, 0.25) is 0 Å². The summed E-state index contributed by atoms with van der Waals surface area (Å²) in [6.45, 7) is 0.793. The number of imidazole rings is 1. The molecule has 6 heteroatoms. The Morgan fingerprint density at radius 1 is 1.48 bits per heavy atom. The summed E-state index contributed by atoms with van der Waals surface area (Å²) in [4.78, 5) is 19.8. The molecular weight excluding hydrogens is 268 g/mol. The van der Waals surface area contributed by atoms with E-state index in [4.69, 9.17) is 10.5 Å². The van der Waals surface area contributed by atoms with Crippen molar-refractivity contribution in [3.8, 4) is 0 Å². The maximum atomic E-state index is 12.0. The van der Waals surface area contributed by atoms with Crippen LogP contribution in [0.1, 0.15) is 37.6 Å².